The van der Waals surface area contributed by atoms with Crippen LogP contribution < -0.4 is 16.4 Å². The summed E-state index contributed by atoms with van der Waals surface area (Å²) in [6, 6.07) is -0.334. The fraction of sp³-hybridized carbons (Fsp3) is 0.833. The molecule has 6 heteroatoms. The van der Waals surface area contributed by atoms with Crippen LogP contribution >= 0.6 is 0 Å². The molecule has 3 amide bonds. The minimum Gasteiger partial charge on any atom is -0.351 e. The number of urea groups is 1. The van der Waals surface area contributed by atoms with Gasteiger partial charge in [-0.05, 0) is 32.4 Å². The summed E-state index contributed by atoms with van der Waals surface area (Å²) in [7, 11) is 0. The molecule has 0 aromatic carbocycles. The van der Waals surface area contributed by atoms with E-state index in [1.807, 2.05) is 0 Å². The number of nitrogens with zero attached hydrogens (tertiary/aromatic N) is 1. The van der Waals surface area contributed by atoms with Gasteiger partial charge in [0.25, 0.3) is 0 Å². The van der Waals surface area contributed by atoms with Crippen LogP contribution in [-0.2, 0) is 4.79 Å². The molecular formula is C12H24N4O2. The van der Waals surface area contributed by atoms with Gasteiger partial charge >= 0.3 is 6.03 Å². The quantitative estimate of drug-likeness (QED) is 0.626. The fourth-order valence-corrected chi connectivity index (χ4v) is 2.32. The molecule has 1 aliphatic rings. The minimum atomic E-state index is -0.785. The molecule has 18 heavy (non-hydrogen) atoms. The average molecular weight is 256 g/mol. The number of hydrogen-bond acceptors (Lipinski definition) is 4. The Kier molecular flexibility index (Phi) is 6.67. The summed E-state index contributed by atoms with van der Waals surface area (Å²) < 4.78 is 0. The van der Waals surface area contributed by atoms with Crippen molar-refractivity contribution in [1.82, 2.24) is 15.5 Å². The van der Waals surface area contributed by atoms with Crippen molar-refractivity contribution in [2.75, 3.05) is 26.2 Å². The number of nitrogens with two attached hydrogens (primary N) is 1. The molecule has 1 saturated heterocycles. The predicted octanol–water partition coefficient (Wildman–Crippen LogP) is 0.0354. The first-order valence-electron chi connectivity index (χ1n) is 6.66. The number of carbonyl (C=O) groups excluding carboxylic acids is 2. The van der Waals surface area contributed by atoms with E-state index in [1.165, 1.54) is 12.8 Å². The van der Waals surface area contributed by atoms with Crippen molar-refractivity contribution in [2.45, 2.75) is 38.6 Å². The molecule has 0 aromatic rings. The highest BCUT2D eigenvalue weighted by atomic mass is 16.2. The van der Waals surface area contributed by atoms with Gasteiger partial charge in [0, 0.05) is 12.6 Å². The number of piperidine rings is 1. The molecule has 1 rings (SSSR count). The largest absolute Gasteiger partial charge is 0.351 e. The van der Waals surface area contributed by atoms with E-state index < -0.39 is 6.03 Å². The van der Waals surface area contributed by atoms with Crippen LogP contribution in [0.2, 0.25) is 0 Å². The normalized spacial score (nSPS) is 19.8. The second-order valence-electron chi connectivity index (χ2n) is 4.79. The molecule has 0 radical (unpaired) electrons. The first kappa shape index (κ1) is 14.9. The zero-order chi connectivity index (χ0) is 13.4. The average Bonchev–Trinajstić information content (AvgIpc) is 2.29. The molecule has 0 aliphatic carbocycles. The smallest absolute Gasteiger partial charge is 0.318 e. The molecule has 1 aliphatic heterocycles. The van der Waals surface area contributed by atoms with Crippen molar-refractivity contribution in [2.24, 2.45) is 5.73 Å². The van der Waals surface area contributed by atoms with E-state index in [4.69, 9.17) is 5.73 Å². The van der Waals surface area contributed by atoms with Gasteiger partial charge in [-0.3, -0.25) is 15.0 Å². The van der Waals surface area contributed by atoms with E-state index in [1.54, 1.807) is 0 Å². The molecule has 1 heterocycles. The minimum absolute atomic E-state index is 0.231. The lowest BCUT2D eigenvalue weighted by Gasteiger charge is -2.29. The molecule has 4 N–H and O–H groups in total. The van der Waals surface area contributed by atoms with Crippen LogP contribution in [0.1, 0.15) is 32.6 Å². The van der Waals surface area contributed by atoms with E-state index in [9.17, 15) is 9.59 Å². The van der Waals surface area contributed by atoms with Gasteiger partial charge in [0.15, 0.2) is 0 Å². The van der Waals surface area contributed by atoms with E-state index in [0.717, 1.165) is 32.5 Å². The molecule has 0 saturated carbocycles. The summed E-state index contributed by atoms with van der Waals surface area (Å²) in [4.78, 5) is 24.2. The van der Waals surface area contributed by atoms with Gasteiger partial charge in [-0.1, -0.05) is 13.3 Å². The van der Waals surface area contributed by atoms with Gasteiger partial charge in [0.1, 0.15) is 0 Å². The van der Waals surface area contributed by atoms with Crippen LogP contribution in [0.4, 0.5) is 4.79 Å². The Labute approximate surface area is 108 Å². The van der Waals surface area contributed by atoms with Crippen molar-refractivity contribution < 1.29 is 9.59 Å². The highest BCUT2D eigenvalue weighted by molar-refractivity contribution is 5.94. The van der Waals surface area contributed by atoms with Crippen molar-refractivity contribution >= 4 is 11.9 Å². The Bertz CT molecular complexity index is 277. The summed E-state index contributed by atoms with van der Waals surface area (Å²) in [5.74, 6) is -0.327. The monoisotopic (exact) mass is 256 g/mol. The lowest BCUT2D eigenvalue weighted by molar-refractivity contribution is -0.121. The number of nitrogens with one attached hydrogen (secondary N) is 2. The Morgan fingerprint density at radius 1 is 1.44 bits per heavy atom. The van der Waals surface area contributed by atoms with Gasteiger partial charge in [-0.2, -0.15) is 0 Å². The van der Waals surface area contributed by atoms with Crippen molar-refractivity contribution in [3.8, 4) is 0 Å². The summed E-state index contributed by atoms with van der Waals surface area (Å²) in [6.07, 6.45) is 4.60. The van der Waals surface area contributed by atoms with Gasteiger partial charge in [-0.25, -0.2) is 4.79 Å². The first-order chi connectivity index (χ1) is 8.61. The molecule has 1 atom stereocenters. The molecule has 0 spiro atoms. The number of carbonyl (C=O) groups is 2. The van der Waals surface area contributed by atoms with Gasteiger partial charge in [-0.15, -0.1) is 0 Å². The summed E-state index contributed by atoms with van der Waals surface area (Å²) in [5, 5.41) is 5.56. The van der Waals surface area contributed by atoms with Crippen LogP contribution in [-0.4, -0.2) is 49.1 Å². The first-order valence-corrected chi connectivity index (χ1v) is 6.66. The predicted molar refractivity (Wildman–Crippen MR) is 70.1 cm³/mol. The SMILES string of the molecule is CCCN(CC(=O)NC(N)=O)CC1CCCCN1. The van der Waals surface area contributed by atoms with Crippen LogP contribution in [0.3, 0.4) is 0 Å². The third kappa shape index (κ3) is 5.97. The lowest BCUT2D eigenvalue weighted by atomic mass is 10.0. The molecule has 0 aromatic heterocycles. The number of amides is 3. The van der Waals surface area contributed by atoms with Gasteiger partial charge < -0.3 is 11.1 Å². The van der Waals surface area contributed by atoms with E-state index >= 15 is 0 Å². The Hall–Kier alpha value is -1.14. The lowest BCUT2D eigenvalue weighted by Crippen LogP contribution is -2.48. The zero-order valence-corrected chi connectivity index (χ0v) is 11.1. The Morgan fingerprint density at radius 2 is 2.22 bits per heavy atom. The second-order valence-corrected chi connectivity index (χ2v) is 4.79. The standard InChI is InChI=1S/C12H24N4O2/c1-2-7-16(9-11(17)15-12(13)18)8-10-5-3-4-6-14-10/h10,14H,2-9H2,1H3,(H3,13,15,17,18). The van der Waals surface area contributed by atoms with Crippen molar-refractivity contribution in [3.05, 3.63) is 0 Å². The highest BCUT2D eigenvalue weighted by Crippen LogP contribution is 2.08. The van der Waals surface area contributed by atoms with Gasteiger partial charge in [0.05, 0.1) is 6.54 Å². The maximum atomic E-state index is 11.5. The maximum Gasteiger partial charge on any atom is 0.318 e. The zero-order valence-electron chi connectivity index (χ0n) is 11.1. The maximum absolute atomic E-state index is 11.5. The van der Waals surface area contributed by atoms with Crippen LogP contribution in [0.25, 0.3) is 0 Å². The molecule has 1 fully saturated rings. The third-order valence-corrected chi connectivity index (χ3v) is 3.06. The highest BCUT2D eigenvalue weighted by Gasteiger charge is 2.18. The Balaban J connectivity index is 2.37. The van der Waals surface area contributed by atoms with Crippen LogP contribution in [0, 0.1) is 0 Å². The summed E-state index contributed by atoms with van der Waals surface area (Å²) in [6.45, 7) is 5.06. The number of hydrogen-bond donors (Lipinski definition) is 3. The topological polar surface area (TPSA) is 87.5 Å². The number of imide groups is 1. The van der Waals surface area contributed by atoms with Crippen molar-refractivity contribution in [1.29, 1.82) is 0 Å². The summed E-state index contributed by atoms with van der Waals surface area (Å²) >= 11 is 0. The molecule has 104 valence electrons. The van der Waals surface area contributed by atoms with E-state index in [-0.39, 0.29) is 12.5 Å². The third-order valence-electron chi connectivity index (χ3n) is 3.06. The number of rotatable bonds is 6. The van der Waals surface area contributed by atoms with E-state index in [2.05, 4.69) is 22.5 Å². The molecule has 0 bridgehead atoms. The molecule has 6 nitrogen and oxygen atoms in total. The Morgan fingerprint density at radius 3 is 2.78 bits per heavy atom. The molecule has 1 unspecified atom stereocenters. The number of primary amides is 1. The fourth-order valence-electron chi connectivity index (χ4n) is 2.32. The summed E-state index contributed by atoms with van der Waals surface area (Å²) in [5.41, 5.74) is 4.93. The van der Waals surface area contributed by atoms with E-state index in [0.29, 0.717) is 6.04 Å². The van der Waals surface area contributed by atoms with Crippen molar-refractivity contribution in [3.63, 3.8) is 0 Å². The molecular weight excluding hydrogens is 232 g/mol. The van der Waals surface area contributed by atoms with Crippen LogP contribution in [0.15, 0.2) is 0 Å². The second kappa shape index (κ2) is 8.05. The van der Waals surface area contributed by atoms with Gasteiger partial charge in [0.2, 0.25) is 5.91 Å². The van der Waals surface area contributed by atoms with Crippen LogP contribution in [0.5, 0.6) is 0 Å².